The van der Waals surface area contributed by atoms with Crippen molar-refractivity contribution in [2.45, 2.75) is 12.8 Å². The average molecular weight is 220 g/mol. The van der Waals surface area contributed by atoms with Gasteiger partial charge in [-0.1, -0.05) is 0 Å². The van der Waals surface area contributed by atoms with Crippen LogP contribution in [0.3, 0.4) is 0 Å². The number of nitrogens with zero attached hydrogens (tertiary/aromatic N) is 1. The van der Waals surface area contributed by atoms with Crippen molar-refractivity contribution in [3.63, 3.8) is 0 Å². The van der Waals surface area contributed by atoms with Crippen LogP contribution in [-0.2, 0) is 11.2 Å². The molecule has 86 valence electrons. The Morgan fingerprint density at radius 2 is 2.38 bits per heavy atom. The molecule has 4 nitrogen and oxygen atoms in total. The summed E-state index contributed by atoms with van der Waals surface area (Å²) < 4.78 is 5.17. The fourth-order valence-corrected chi connectivity index (χ4v) is 2.07. The molecule has 0 radical (unpaired) electrons. The minimum absolute atomic E-state index is 0.0221. The molecule has 0 unspecified atom stereocenters. The van der Waals surface area contributed by atoms with Crippen molar-refractivity contribution in [3.05, 3.63) is 23.8 Å². The average Bonchev–Trinajstić information content (AvgIpc) is 2.36. The number of ether oxygens (including phenoxy) is 1. The van der Waals surface area contributed by atoms with Gasteiger partial charge < -0.3 is 15.4 Å². The highest BCUT2D eigenvalue weighted by Gasteiger charge is 2.21. The van der Waals surface area contributed by atoms with Gasteiger partial charge in [-0.25, -0.2) is 0 Å². The van der Waals surface area contributed by atoms with Crippen molar-refractivity contribution < 1.29 is 9.53 Å². The van der Waals surface area contributed by atoms with Gasteiger partial charge in [-0.3, -0.25) is 4.79 Å². The summed E-state index contributed by atoms with van der Waals surface area (Å²) in [5.74, 6) is 0.812. The molecular weight excluding hydrogens is 204 g/mol. The molecule has 1 aromatic rings. The summed E-state index contributed by atoms with van der Waals surface area (Å²) in [4.78, 5) is 13.4. The van der Waals surface area contributed by atoms with Gasteiger partial charge in [-0.05, 0) is 36.6 Å². The number of hydrogen-bond donors (Lipinski definition) is 1. The van der Waals surface area contributed by atoms with E-state index in [1.807, 2.05) is 18.2 Å². The summed E-state index contributed by atoms with van der Waals surface area (Å²) in [7, 11) is 1.65. The molecule has 16 heavy (non-hydrogen) atoms. The van der Waals surface area contributed by atoms with Gasteiger partial charge >= 0.3 is 0 Å². The minimum Gasteiger partial charge on any atom is -0.497 e. The van der Waals surface area contributed by atoms with Crippen molar-refractivity contribution in [1.29, 1.82) is 0 Å². The zero-order valence-electron chi connectivity index (χ0n) is 9.40. The number of carbonyl (C=O) groups excluding carboxylic acids is 1. The summed E-state index contributed by atoms with van der Waals surface area (Å²) >= 11 is 0. The maximum Gasteiger partial charge on any atom is 0.240 e. The second-order valence-corrected chi connectivity index (χ2v) is 3.85. The lowest BCUT2D eigenvalue weighted by molar-refractivity contribution is -0.117. The molecule has 1 aliphatic rings. The first-order valence-electron chi connectivity index (χ1n) is 5.43. The van der Waals surface area contributed by atoms with Gasteiger partial charge in [-0.2, -0.15) is 0 Å². The number of rotatable bonds is 2. The summed E-state index contributed by atoms with van der Waals surface area (Å²) in [6, 6.07) is 5.80. The molecule has 0 saturated carbocycles. The molecule has 0 atom stereocenters. The molecule has 1 aromatic carbocycles. The van der Waals surface area contributed by atoms with Crippen molar-refractivity contribution in [2.75, 3.05) is 25.1 Å². The molecule has 2 N–H and O–H groups in total. The minimum atomic E-state index is -0.0221. The Hall–Kier alpha value is -1.55. The van der Waals surface area contributed by atoms with Crippen LogP contribution in [0.4, 0.5) is 5.69 Å². The zero-order valence-corrected chi connectivity index (χ0v) is 9.40. The van der Waals surface area contributed by atoms with Crippen molar-refractivity contribution in [3.8, 4) is 5.75 Å². The van der Waals surface area contributed by atoms with Crippen LogP contribution in [-0.4, -0.2) is 26.1 Å². The predicted molar refractivity (Wildman–Crippen MR) is 62.7 cm³/mol. The maximum absolute atomic E-state index is 11.7. The van der Waals surface area contributed by atoms with Crippen LogP contribution in [0.15, 0.2) is 18.2 Å². The summed E-state index contributed by atoms with van der Waals surface area (Å²) in [5.41, 5.74) is 7.53. The molecule has 0 aromatic heterocycles. The molecular formula is C12H16N2O2. The summed E-state index contributed by atoms with van der Waals surface area (Å²) in [6.07, 6.45) is 1.97. The van der Waals surface area contributed by atoms with Crippen LogP contribution in [0.5, 0.6) is 5.75 Å². The fourth-order valence-electron chi connectivity index (χ4n) is 2.07. The second-order valence-electron chi connectivity index (χ2n) is 3.85. The van der Waals surface area contributed by atoms with Crippen LogP contribution in [0.1, 0.15) is 12.0 Å². The summed E-state index contributed by atoms with van der Waals surface area (Å²) in [5, 5.41) is 0. The van der Waals surface area contributed by atoms with Crippen molar-refractivity contribution in [1.82, 2.24) is 0 Å². The molecule has 1 aliphatic heterocycles. The third-order valence-corrected chi connectivity index (χ3v) is 2.88. The lowest BCUT2D eigenvalue weighted by Gasteiger charge is -2.29. The lowest BCUT2D eigenvalue weighted by Crippen LogP contribution is -2.39. The van der Waals surface area contributed by atoms with Gasteiger partial charge in [0.1, 0.15) is 5.75 Å². The number of amides is 1. The Balaban J connectivity index is 2.36. The van der Waals surface area contributed by atoms with E-state index in [-0.39, 0.29) is 12.5 Å². The van der Waals surface area contributed by atoms with E-state index >= 15 is 0 Å². The Labute approximate surface area is 95.0 Å². The van der Waals surface area contributed by atoms with Gasteiger partial charge in [0.05, 0.1) is 13.7 Å². The zero-order chi connectivity index (χ0) is 11.5. The quantitative estimate of drug-likeness (QED) is 0.806. The maximum atomic E-state index is 11.7. The number of aryl methyl sites for hydroxylation is 1. The van der Waals surface area contributed by atoms with Crippen LogP contribution in [0.25, 0.3) is 0 Å². The third kappa shape index (κ3) is 1.88. The SMILES string of the molecule is COc1ccc2c(c1)CCCN2C(=O)CN. The highest BCUT2D eigenvalue weighted by molar-refractivity contribution is 5.95. The molecule has 0 spiro atoms. The van der Waals surface area contributed by atoms with Crippen LogP contribution < -0.4 is 15.4 Å². The molecule has 0 saturated heterocycles. The van der Waals surface area contributed by atoms with Gasteiger partial charge in [0.25, 0.3) is 0 Å². The van der Waals surface area contributed by atoms with Crippen LogP contribution in [0.2, 0.25) is 0 Å². The van der Waals surface area contributed by atoms with Crippen molar-refractivity contribution in [2.24, 2.45) is 5.73 Å². The number of methoxy groups -OCH3 is 1. The second kappa shape index (κ2) is 4.53. The molecule has 0 fully saturated rings. The number of fused-ring (bicyclic) bond motifs is 1. The Morgan fingerprint density at radius 1 is 1.56 bits per heavy atom. The number of nitrogens with two attached hydrogens (primary N) is 1. The number of anilines is 1. The van der Waals surface area contributed by atoms with E-state index in [4.69, 9.17) is 10.5 Å². The Morgan fingerprint density at radius 3 is 3.06 bits per heavy atom. The molecule has 0 aliphatic carbocycles. The van der Waals surface area contributed by atoms with E-state index in [2.05, 4.69) is 0 Å². The van der Waals surface area contributed by atoms with E-state index in [0.29, 0.717) is 0 Å². The monoisotopic (exact) mass is 220 g/mol. The first-order valence-corrected chi connectivity index (χ1v) is 5.43. The number of carbonyl (C=O) groups is 1. The highest BCUT2D eigenvalue weighted by atomic mass is 16.5. The van der Waals surface area contributed by atoms with Gasteiger partial charge in [0, 0.05) is 12.2 Å². The van der Waals surface area contributed by atoms with Gasteiger partial charge in [0.15, 0.2) is 0 Å². The molecule has 0 bridgehead atoms. The Kier molecular flexibility index (Phi) is 3.10. The van der Waals surface area contributed by atoms with E-state index < -0.39 is 0 Å². The largest absolute Gasteiger partial charge is 0.497 e. The first-order chi connectivity index (χ1) is 7.76. The number of hydrogen-bond acceptors (Lipinski definition) is 3. The molecule has 1 heterocycles. The molecule has 1 amide bonds. The van der Waals surface area contributed by atoms with Crippen molar-refractivity contribution >= 4 is 11.6 Å². The smallest absolute Gasteiger partial charge is 0.240 e. The highest BCUT2D eigenvalue weighted by Crippen LogP contribution is 2.30. The van der Waals surface area contributed by atoms with E-state index in [9.17, 15) is 4.79 Å². The molecule has 2 rings (SSSR count). The van der Waals surface area contributed by atoms with Gasteiger partial charge in [-0.15, -0.1) is 0 Å². The number of benzene rings is 1. The lowest BCUT2D eigenvalue weighted by atomic mass is 10.0. The van der Waals surface area contributed by atoms with E-state index in [1.165, 1.54) is 0 Å². The van der Waals surface area contributed by atoms with Gasteiger partial charge in [0.2, 0.25) is 5.91 Å². The summed E-state index contributed by atoms with van der Waals surface area (Å²) in [6.45, 7) is 0.820. The fraction of sp³-hybridized carbons (Fsp3) is 0.417. The normalized spacial score (nSPS) is 14.5. The first kappa shape index (κ1) is 11.0. The van der Waals surface area contributed by atoms with Crippen LogP contribution in [0, 0.1) is 0 Å². The predicted octanol–water partition coefficient (Wildman–Crippen LogP) is 0.933. The Bertz CT molecular complexity index is 404. The standard InChI is InChI=1S/C12H16N2O2/c1-16-10-4-5-11-9(7-10)3-2-6-14(11)12(15)8-13/h4-5,7H,2-3,6,8,13H2,1H3. The molecule has 4 heteroatoms. The van der Waals surface area contributed by atoms with Crippen LogP contribution >= 0.6 is 0 Å². The third-order valence-electron chi connectivity index (χ3n) is 2.88. The van der Waals surface area contributed by atoms with E-state index in [1.54, 1.807) is 12.0 Å². The van der Waals surface area contributed by atoms with E-state index in [0.717, 1.165) is 36.4 Å². The topological polar surface area (TPSA) is 55.6 Å².